The summed E-state index contributed by atoms with van der Waals surface area (Å²) in [6.45, 7) is 0. The summed E-state index contributed by atoms with van der Waals surface area (Å²) in [5.74, 6) is -0.753. The van der Waals surface area contributed by atoms with Crippen molar-refractivity contribution in [3.63, 3.8) is 0 Å². The van der Waals surface area contributed by atoms with E-state index >= 15 is 0 Å². The number of pyridine rings is 1. The summed E-state index contributed by atoms with van der Waals surface area (Å²) in [6, 6.07) is 10.3. The molecule has 0 unspecified atom stereocenters. The lowest BCUT2D eigenvalue weighted by molar-refractivity contribution is 0.445. The third-order valence-corrected chi connectivity index (χ3v) is 4.00. The number of aromatic hydroxyl groups is 1. The number of rotatable bonds is 1. The van der Waals surface area contributed by atoms with Crippen molar-refractivity contribution in [3.05, 3.63) is 46.8 Å². The number of aromatic nitrogens is 1. The minimum absolute atomic E-state index is 0.149. The van der Waals surface area contributed by atoms with Crippen LogP contribution in [0.5, 0.6) is 5.75 Å². The van der Waals surface area contributed by atoms with Gasteiger partial charge in [0.25, 0.3) is 5.56 Å². The Morgan fingerprint density at radius 3 is 2.40 bits per heavy atom. The van der Waals surface area contributed by atoms with Gasteiger partial charge in [0.1, 0.15) is 0 Å². The second-order valence-electron chi connectivity index (χ2n) is 4.32. The van der Waals surface area contributed by atoms with E-state index < -0.39 is 26.3 Å². The minimum atomic E-state index is -4.80. The van der Waals surface area contributed by atoms with Crippen molar-refractivity contribution in [1.82, 2.24) is 4.98 Å². The zero-order valence-electron chi connectivity index (χ0n) is 9.99. The molecule has 1 aromatic heterocycles. The SMILES string of the molecule is O=c1[nH]c2c(ccc3ccccc32)c(O)c1S(=O)(=O)O. The van der Waals surface area contributed by atoms with Gasteiger partial charge in [0.15, 0.2) is 5.75 Å². The molecule has 0 radical (unpaired) electrons. The molecule has 7 heteroatoms. The maximum atomic E-state index is 11.8. The molecular formula is C13H9NO5S. The van der Waals surface area contributed by atoms with Crippen LogP contribution in [0.25, 0.3) is 21.7 Å². The molecule has 1 heterocycles. The topological polar surface area (TPSA) is 107 Å². The summed E-state index contributed by atoms with van der Waals surface area (Å²) < 4.78 is 31.3. The summed E-state index contributed by atoms with van der Waals surface area (Å²) in [6.07, 6.45) is 0. The molecule has 102 valence electrons. The number of nitrogens with one attached hydrogen (secondary N) is 1. The fourth-order valence-corrected chi connectivity index (χ4v) is 2.88. The fourth-order valence-electron chi connectivity index (χ4n) is 2.24. The Morgan fingerprint density at radius 1 is 1.00 bits per heavy atom. The minimum Gasteiger partial charge on any atom is -0.506 e. The van der Waals surface area contributed by atoms with E-state index in [0.717, 1.165) is 5.39 Å². The van der Waals surface area contributed by atoms with Crippen LogP contribution in [0.1, 0.15) is 0 Å². The van der Waals surface area contributed by atoms with Crippen LogP contribution in [-0.2, 0) is 10.1 Å². The van der Waals surface area contributed by atoms with Crippen molar-refractivity contribution in [1.29, 1.82) is 0 Å². The molecule has 0 spiro atoms. The lowest BCUT2D eigenvalue weighted by Crippen LogP contribution is -2.17. The Kier molecular flexibility index (Phi) is 2.56. The van der Waals surface area contributed by atoms with E-state index in [1.54, 1.807) is 18.2 Å². The van der Waals surface area contributed by atoms with E-state index in [1.807, 2.05) is 12.1 Å². The Bertz CT molecular complexity index is 1000. The van der Waals surface area contributed by atoms with E-state index in [9.17, 15) is 18.3 Å². The zero-order chi connectivity index (χ0) is 14.5. The van der Waals surface area contributed by atoms with Gasteiger partial charge in [-0.1, -0.05) is 30.3 Å². The van der Waals surface area contributed by atoms with Gasteiger partial charge in [0, 0.05) is 10.8 Å². The smallest absolute Gasteiger partial charge is 0.303 e. The second-order valence-corrected chi connectivity index (χ2v) is 5.67. The van der Waals surface area contributed by atoms with E-state index in [1.165, 1.54) is 6.07 Å². The van der Waals surface area contributed by atoms with Gasteiger partial charge in [-0.2, -0.15) is 8.42 Å². The number of fused-ring (bicyclic) bond motifs is 3. The average Bonchev–Trinajstić information content (AvgIpc) is 2.37. The van der Waals surface area contributed by atoms with Crippen molar-refractivity contribution in [2.24, 2.45) is 0 Å². The lowest BCUT2D eigenvalue weighted by atomic mass is 10.1. The fraction of sp³-hybridized carbons (Fsp3) is 0. The Hall–Kier alpha value is -2.38. The Labute approximate surface area is 113 Å². The first kappa shape index (κ1) is 12.6. The average molecular weight is 291 g/mol. The normalized spacial score (nSPS) is 12.1. The second kappa shape index (κ2) is 4.06. The molecule has 0 saturated heterocycles. The monoisotopic (exact) mass is 291 g/mol. The highest BCUT2D eigenvalue weighted by molar-refractivity contribution is 7.86. The molecule has 0 atom stereocenters. The van der Waals surface area contributed by atoms with Gasteiger partial charge in [0.05, 0.1) is 5.52 Å². The highest BCUT2D eigenvalue weighted by Gasteiger charge is 2.23. The molecule has 0 fully saturated rings. The van der Waals surface area contributed by atoms with Crippen molar-refractivity contribution in [3.8, 4) is 5.75 Å². The van der Waals surface area contributed by atoms with Gasteiger partial charge in [-0.3, -0.25) is 9.35 Å². The summed E-state index contributed by atoms with van der Waals surface area (Å²) in [4.78, 5) is 13.1. The predicted octanol–water partition coefficient (Wildman–Crippen LogP) is 1.63. The first-order valence-corrected chi connectivity index (χ1v) is 7.08. The molecule has 0 aliphatic heterocycles. The highest BCUT2D eigenvalue weighted by Crippen LogP contribution is 2.31. The quantitative estimate of drug-likeness (QED) is 0.466. The Morgan fingerprint density at radius 2 is 1.70 bits per heavy atom. The molecule has 0 aliphatic rings. The number of H-pyrrole nitrogens is 1. The maximum Gasteiger partial charge on any atom is 0.303 e. The van der Waals surface area contributed by atoms with Crippen LogP contribution in [0.15, 0.2) is 46.1 Å². The first-order valence-electron chi connectivity index (χ1n) is 5.64. The van der Waals surface area contributed by atoms with E-state index in [0.29, 0.717) is 10.9 Å². The van der Waals surface area contributed by atoms with Crippen molar-refractivity contribution in [2.45, 2.75) is 4.90 Å². The van der Waals surface area contributed by atoms with Crippen molar-refractivity contribution >= 4 is 31.8 Å². The van der Waals surface area contributed by atoms with Crippen LogP contribution < -0.4 is 5.56 Å². The van der Waals surface area contributed by atoms with Crippen LogP contribution in [-0.4, -0.2) is 23.1 Å². The highest BCUT2D eigenvalue weighted by atomic mass is 32.2. The van der Waals surface area contributed by atoms with Crippen LogP contribution in [0.2, 0.25) is 0 Å². The largest absolute Gasteiger partial charge is 0.506 e. The maximum absolute atomic E-state index is 11.8. The molecule has 0 saturated carbocycles. The van der Waals surface area contributed by atoms with Crippen molar-refractivity contribution < 1.29 is 18.1 Å². The number of aromatic amines is 1. The molecule has 0 aliphatic carbocycles. The molecular weight excluding hydrogens is 282 g/mol. The third-order valence-electron chi connectivity index (χ3n) is 3.10. The van der Waals surface area contributed by atoms with Crippen LogP contribution in [0.4, 0.5) is 0 Å². The standard InChI is InChI=1S/C13H9NO5S/c15-11-9-6-5-7-3-1-2-4-8(7)10(9)14-13(16)12(11)20(17,18)19/h1-6H,(H2,14,15,16)(H,17,18,19). The summed E-state index contributed by atoms with van der Waals surface area (Å²) >= 11 is 0. The lowest BCUT2D eigenvalue weighted by Gasteiger charge is -2.07. The van der Waals surface area contributed by atoms with E-state index in [-0.39, 0.29) is 5.39 Å². The van der Waals surface area contributed by atoms with Gasteiger partial charge in [0.2, 0.25) is 4.90 Å². The molecule has 0 bridgehead atoms. The first-order chi connectivity index (χ1) is 9.39. The van der Waals surface area contributed by atoms with Gasteiger partial charge in [-0.25, -0.2) is 0 Å². The summed E-state index contributed by atoms with van der Waals surface area (Å²) in [5, 5.41) is 11.6. The molecule has 3 aromatic rings. The van der Waals surface area contributed by atoms with Crippen LogP contribution >= 0.6 is 0 Å². The number of hydrogen-bond acceptors (Lipinski definition) is 4. The third kappa shape index (κ3) is 1.75. The molecule has 20 heavy (non-hydrogen) atoms. The number of benzene rings is 2. The van der Waals surface area contributed by atoms with Gasteiger partial charge < -0.3 is 10.1 Å². The molecule has 3 rings (SSSR count). The van der Waals surface area contributed by atoms with E-state index in [4.69, 9.17) is 4.55 Å². The summed E-state index contributed by atoms with van der Waals surface area (Å²) in [5.41, 5.74) is -0.744. The van der Waals surface area contributed by atoms with Crippen LogP contribution in [0.3, 0.4) is 0 Å². The molecule has 6 nitrogen and oxygen atoms in total. The predicted molar refractivity (Wildman–Crippen MR) is 73.6 cm³/mol. The molecule has 3 N–H and O–H groups in total. The van der Waals surface area contributed by atoms with Crippen LogP contribution in [0, 0.1) is 0 Å². The van der Waals surface area contributed by atoms with Gasteiger partial charge >= 0.3 is 10.1 Å². The number of hydrogen-bond donors (Lipinski definition) is 3. The van der Waals surface area contributed by atoms with Gasteiger partial charge in [-0.15, -0.1) is 0 Å². The van der Waals surface area contributed by atoms with Crippen molar-refractivity contribution in [2.75, 3.05) is 0 Å². The van der Waals surface area contributed by atoms with Gasteiger partial charge in [-0.05, 0) is 11.5 Å². The zero-order valence-corrected chi connectivity index (χ0v) is 10.8. The Balaban J connectivity index is 2.60. The molecule has 2 aromatic carbocycles. The summed E-state index contributed by atoms with van der Waals surface area (Å²) in [7, 11) is -4.80. The molecule has 0 amide bonds. The van der Waals surface area contributed by atoms with E-state index in [2.05, 4.69) is 4.98 Å².